The largest absolute Gasteiger partial charge is 0.365 e. The van der Waals surface area contributed by atoms with Gasteiger partial charge in [-0.15, -0.1) is 0 Å². The molecule has 0 saturated heterocycles. The van der Waals surface area contributed by atoms with Crippen molar-refractivity contribution in [3.8, 4) is 0 Å². The summed E-state index contributed by atoms with van der Waals surface area (Å²) >= 11 is 0. The lowest BCUT2D eigenvalue weighted by molar-refractivity contribution is -0.258. The van der Waals surface area contributed by atoms with E-state index in [0.29, 0.717) is 6.42 Å². The summed E-state index contributed by atoms with van der Waals surface area (Å²) in [6, 6.07) is 19.9. The molecule has 2 nitrogen and oxygen atoms in total. The van der Waals surface area contributed by atoms with Crippen LogP contribution in [0.25, 0.3) is 0 Å². The Labute approximate surface area is 138 Å². The van der Waals surface area contributed by atoms with E-state index in [2.05, 4.69) is 20.8 Å². The number of aliphatic hydroxyl groups is 2. The van der Waals surface area contributed by atoms with Crippen molar-refractivity contribution in [3.63, 3.8) is 0 Å². The topological polar surface area (TPSA) is 40.5 Å². The lowest BCUT2D eigenvalue weighted by atomic mass is 9.48. The molecule has 1 fully saturated rings. The fourth-order valence-electron chi connectivity index (χ4n) is 5.06. The molecule has 2 aromatic carbocycles. The third-order valence-corrected chi connectivity index (χ3v) is 5.52. The Bertz CT molecular complexity index is 599. The van der Waals surface area contributed by atoms with Crippen molar-refractivity contribution in [2.75, 3.05) is 0 Å². The van der Waals surface area contributed by atoms with Crippen LogP contribution >= 0.6 is 0 Å². The Hall–Kier alpha value is -1.64. The summed E-state index contributed by atoms with van der Waals surface area (Å²) in [6.45, 7) is 6.41. The van der Waals surface area contributed by atoms with E-state index in [1.165, 1.54) is 0 Å². The first kappa shape index (κ1) is 16.2. The third kappa shape index (κ3) is 2.32. The van der Waals surface area contributed by atoms with Gasteiger partial charge < -0.3 is 10.2 Å². The molecule has 0 radical (unpaired) electrons. The predicted octanol–water partition coefficient (Wildman–Crippen LogP) is 4.11. The van der Waals surface area contributed by atoms with Crippen LogP contribution in [0, 0.1) is 11.3 Å². The average molecular weight is 310 g/mol. The lowest BCUT2D eigenvalue weighted by Gasteiger charge is -2.59. The number of hydrogen-bond donors (Lipinski definition) is 2. The molecule has 0 heterocycles. The highest BCUT2D eigenvalue weighted by Crippen LogP contribution is 2.60. The molecule has 2 heteroatoms. The minimum absolute atomic E-state index is 0.264. The molecule has 1 unspecified atom stereocenters. The normalized spacial score (nSPS) is 25.0. The molecule has 1 aliphatic rings. The van der Waals surface area contributed by atoms with Crippen LogP contribution in [0.15, 0.2) is 60.7 Å². The Kier molecular flexibility index (Phi) is 3.86. The molecule has 122 valence electrons. The van der Waals surface area contributed by atoms with E-state index in [1.54, 1.807) is 0 Å². The molecule has 1 saturated carbocycles. The highest BCUT2D eigenvalue weighted by Gasteiger charge is 2.63. The summed E-state index contributed by atoms with van der Waals surface area (Å²) in [5, 5.41) is 22.5. The van der Waals surface area contributed by atoms with Gasteiger partial charge in [0, 0.05) is 6.42 Å². The first-order valence-electron chi connectivity index (χ1n) is 8.37. The number of rotatable bonds is 2. The third-order valence-electron chi connectivity index (χ3n) is 5.52. The zero-order valence-electron chi connectivity index (χ0n) is 14.2. The van der Waals surface area contributed by atoms with Gasteiger partial charge >= 0.3 is 0 Å². The predicted molar refractivity (Wildman–Crippen MR) is 93.0 cm³/mol. The highest BCUT2D eigenvalue weighted by atomic mass is 16.5. The second kappa shape index (κ2) is 5.47. The van der Waals surface area contributed by atoms with Crippen molar-refractivity contribution < 1.29 is 10.2 Å². The average Bonchev–Trinajstić information content (AvgIpc) is 2.47. The van der Waals surface area contributed by atoms with Gasteiger partial charge in [-0.3, -0.25) is 0 Å². The van der Waals surface area contributed by atoms with E-state index in [9.17, 15) is 10.2 Å². The van der Waals surface area contributed by atoms with Gasteiger partial charge in [-0.1, -0.05) is 81.4 Å². The van der Waals surface area contributed by atoms with Crippen LogP contribution in [0.3, 0.4) is 0 Å². The van der Waals surface area contributed by atoms with Gasteiger partial charge in [-0.25, -0.2) is 0 Å². The molecule has 0 bridgehead atoms. The second-order valence-corrected chi connectivity index (χ2v) is 7.70. The maximum atomic E-state index is 11.3. The van der Waals surface area contributed by atoms with Crippen molar-refractivity contribution >= 4 is 0 Å². The van der Waals surface area contributed by atoms with E-state index in [-0.39, 0.29) is 11.3 Å². The maximum absolute atomic E-state index is 11.3. The van der Waals surface area contributed by atoms with Crippen LogP contribution in [0.2, 0.25) is 0 Å². The summed E-state index contributed by atoms with van der Waals surface area (Å²) in [6.07, 6.45) is 1.32. The molecule has 0 aliphatic heterocycles. The van der Waals surface area contributed by atoms with Gasteiger partial charge in [0.05, 0.1) is 5.41 Å². The first-order chi connectivity index (χ1) is 10.8. The molecule has 23 heavy (non-hydrogen) atoms. The zero-order valence-corrected chi connectivity index (χ0v) is 14.2. The van der Waals surface area contributed by atoms with Crippen LogP contribution < -0.4 is 0 Å². The molecule has 0 aromatic heterocycles. The molecule has 1 atom stereocenters. The Morgan fingerprint density at radius 2 is 1.22 bits per heavy atom. The molecule has 2 aromatic rings. The lowest BCUT2D eigenvalue weighted by Crippen LogP contribution is -2.64. The fraction of sp³-hybridized carbons (Fsp3) is 0.429. The minimum atomic E-state index is -1.79. The van der Waals surface area contributed by atoms with E-state index >= 15 is 0 Å². The highest BCUT2D eigenvalue weighted by molar-refractivity contribution is 5.46. The Morgan fingerprint density at radius 3 is 1.61 bits per heavy atom. The Morgan fingerprint density at radius 1 is 0.783 bits per heavy atom. The fourth-order valence-corrected chi connectivity index (χ4v) is 5.06. The van der Waals surface area contributed by atoms with Gasteiger partial charge in [0.1, 0.15) is 0 Å². The molecular weight excluding hydrogens is 284 g/mol. The van der Waals surface area contributed by atoms with Crippen molar-refractivity contribution in [2.24, 2.45) is 11.3 Å². The van der Waals surface area contributed by atoms with Crippen LogP contribution in [-0.4, -0.2) is 16.0 Å². The summed E-state index contributed by atoms with van der Waals surface area (Å²) in [5.41, 5.74) is 0.785. The standard InChI is InChI=1S/C21H26O2/c1-16-14-19(2,3)21(20(22,23)15-16,17-10-6-4-7-11-17)18-12-8-5-9-13-18/h4-13,16,22-23H,14-15H2,1-3H3. The van der Waals surface area contributed by atoms with E-state index in [4.69, 9.17) is 0 Å². The van der Waals surface area contributed by atoms with Gasteiger partial charge in [0.25, 0.3) is 0 Å². The molecule has 2 N–H and O–H groups in total. The van der Waals surface area contributed by atoms with Gasteiger partial charge in [-0.05, 0) is 28.9 Å². The van der Waals surface area contributed by atoms with Crippen LogP contribution in [0.5, 0.6) is 0 Å². The molecule has 0 amide bonds. The Balaban J connectivity index is 2.36. The summed E-state index contributed by atoms with van der Waals surface area (Å²) in [5.74, 6) is -1.53. The zero-order chi connectivity index (χ0) is 16.7. The van der Waals surface area contributed by atoms with E-state index in [0.717, 1.165) is 17.5 Å². The van der Waals surface area contributed by atoms with Gasteiger partial charge in [0.15, 0.2) is 5.79 Å². The van der Waals surface area contributed by atoms with Crippen molar-refractivity contribution in [3.05, 3.63) is 71.8 Å². The molecule has 1 aliphatic carbocycles. The monoisotopic (exact) mass is 310 g/mol. The van der Waals surface area contributed by atoms with Crippen molar-refractivity contribution in [1.82, 2.24) is 0 Å². The molecule has 0 spiro atoms. The van der Waals surface area contributed by atoms with Crippen LogP contribution in [0.4, 0.5) is 0 Å². The van der Waals surface area contributed by atoms with Crippen LogP contribution in [0.1, 0.15) is 44.7 Å². The second-order valence-electron chi connectivity index (χ2n) is 7.70. The minimum Gasteiger partial charge on any atom is -0.365 e. The summed E-state index contributed by atoms with van der Waals surface area (Å²) < 4.78 is 0. The quantitative estimate of drug-likeness (QED) is 0.820. The summed E-state index contributed by atoms with van der Waals surface area (Å²) in [7, 11) is 0. The first-order valence-corrected chi connectivity index (χ1v) is 8.37. The molecular formula is C21H26O2. The SMILES string of the molecule is CC1CC(C)(C)C(c2ccccc2)(c2ccccc2)C(O)(O)C1. The van der Waals surface area contributed by atoms with Gasteiger partial charge in [0.2, 0.25) is 0 Å². The van der Waals surface area contributed by atoms with Crippen LogP contribution in [-0.2, 0) is 5.41 Å². The molecule has 3 rings (SSSR count). The van der Waals surface area contributed by atoms with E-state index < -0.39 is 11.2 Å². The maximum Gasteiger partial charge on any atom is 0.177 e. The smallest absolute Gasteiger partial charge is 0.177 e. The summed E-state index contributed by atoms with van der Waals surface area (Å²) in [4.78, 5) is 0. The van der Waals surface area contributed by atoms with Crippen molar-refractivity contribution in [1.29, 1.82) is 0 Å². The van der Waals surface area contributed by atoms with Crippen molar-refractivity contribution in [2.45, 2.75) is 44.8 Å². The van der Waals surface area contributed by atoms with Gasteiger partial charge in [-0.2, -0.15) is 0 Å². The van der Waals surface area contributed by atoms with E-state index in [1.807, 2.05) is 60.7 Å². The number of hydrogen-bond acceptors (Lipinski definition) is 2. The number of benzene rings is 2.